The second kappa shape index (κ2) is 4.23. The minimum Gasteiger partial charge on any atom is -0.343 e. The number of hydrogen-bond acceptors (Lipinski definition) is 5. The van der Waals surface area contributed by atoms with Crippen molar-refractivity contribution in [3.63, 3.8) is 0 Å². The van der Waals surface area contributed by atoms with Crippen molar-refractivity contribution >= 4 is 17.6 Å². The molecule has 1 aliphatic carbocycles. The van der Waals surface area contributed by atoms with Gasteiger partial charge in [0, 0.05) is 6.42 Å². The second-order valence-electron chi connectivity index (χ2n) is 5.78. The lowest BCUT2D eigenvalue weighted by atomic mass is 9.85. The third-order valence-corrected chi connectivity index (χ3v) is 4.69. The Morgan fingerprint density at radius 2 is 1.70 bits per heavy atom. The molecule has 0 saturated carbocycles. The third-order valence-electron chi connectivity index (χ3n) is 4.69. The highest BCUT2D eigenvalue weighted by Crippen LogP contribution is 2.39. The first-order valence-corrected chi connectivity index (χ1v) is 6.98. The van der Waals surface area contributed by atoms with E-state index in [1.807, 2.05) is 12.2 Å². The molecule has 5 atom stereocenters. The molecule has 3 fully saturated rings. The Kier molecular flexibility index (Phi) is 2.59. The van der Waals surface area contributed by atoms with Crippen LogP contribution in [-0.4, -0.2) is 47.5 Å². The lowest BCUT2D eigenvalue weighted by Crippen LogP contribution is -2.52. The van der Waals surface area contributed by atoms with Gasteiger partial charge in [0.05, 0.1) is 24.5 Å². The lowest BCUT2D eigenvalue weighted by Gasteiger charge is -2.32. The number of nitrogens with zero attached hydrogens (tertiary/aromatic N) is 1. The molecule has 20 heavy (non-hydrogen) atoms. The molecule has 3 heterocycles. The summed E-state index contributed by atoms with van der Waals surface area (Å²) in [7, 11) is 0. The van der Waals surface area contributed by atoms with Gasteiger partial charge in [-0.05, 0) is 12.8 Å². The molecule has 3 aliphatic heterocycles. The zero-order valence-electron chi connectivity index (χ0n) is 10.9. The van der Waals surface area contributed by atoms with Crippen LogP contribution in [0.5, 0.6) is 0 Å². The zero-order valence-corrected chi connectivity index (χ0v) is 10.9. The summed E-state index contributed by atoms with van der Waals surface area (Å²) >= 11 is 0. The topological polar surface area (TPSA) is 72.9 Å². The van der Waals surface area contributed by atoms with Gasteiger partial charge < -0.3 is 9.47 Å². The molecular weight excluding hydrogens is 262 g/mol. The molecule has 4 rings (SSSR count). The van der Waals surface area contributed by atoms with Crippen molar-refractivity contribution in [1.82, 2.24) is 4.90 Å². The lowest BCUT2D eigenvalue weighted by molar-refractivity contribution is -0.163. The van der Waals surface area contributed by atoms with Gasteiger partial charge in [-0.2, -0.15) is 0 Å². The number of likely N-dealkylation sites (tertiary alicyclic amines) is 1. The van der Waals surface area contributed by atoms with Crippen LogP contribution in [0.2, 0.25) is 0 Å². The fraction of sp³-hybridized carbons (Fsp3) is 0.643. The summed E-state index contributed by atoms with van der Waals surface area (Å²) in [6.07, 6.45) is 4.11. The molecule has 0 spiro atoms. The SMILES string of the molecule is O=C1C[C@@H](N2C(=O)[C@H]3CC=CC[C@H]3C2=O)[C@@H]2CO[C@@H]1O2. The maximum atomic E-state index is 12.5. The zero-order chi connectivity index (χ0) is 13.9. The predicted molar refractivity (Wildman–Crippen MR) is 65.2 cm³/mol. The molecule has 0 aromatic heterocycles. The van der Waals surface area contributed by atoms with Crippen molar-refractivity contribution in [3.05, 3.63) is 12.2 Å². The number of ketones is 1. The number of ether oxygens (including phenoxy) is 2. The van der Waals surface area contributed by atoms with Crippen molar-refractivity contribution in [1.29, 1.82) is 0 Å². The minimum absolute atomic E-state index is 0.152. The van der Waals surface area contributed by atoms with Crippen molar-refractivity contribution < 1.29 is 23.9 Å². The van der Waals surface area contributed by atoms with Crippen LogP contribution in [0.15, 0.2) is 12.2 Å². The first-order valence-electron chi connectivity index (χ1n) is 6.98. The van der Waals surface area contributed by atoms with E-state index in [2.05, 4.69) is 0 Å². The van der Waals surface area contributed by atoms with Crippen LogP contribution >= 0.6 is 0 Å². The van der Waals surface area contributed by atoms with Gasteiger partial charge >= 0.3 is 0 Å². The van der Waals surface area contributed by atoms with E-state index in [0.717, 1.165) is 0 Å². The molecule has 106 valence electrons. The molecule has 0 unspecified atom stereocenters. The Balaban J connectivity index is 1.64. The highest BCUT2D eigenvalue weighted by Gasteiger charge is 2.55. The Morgan fingerprint density at radius 1 is 1.05 bits per heavy atom. The van der Waals surface area contributed by atoms with Gasteiger partial charge in [-0.15, -0.1) is 0 Å². The smallest absolute Gasteiger partial charge is 0.233 e. The van der Waals surface area contributed by atoms with Crippen LogP contribution in [0, 0.1) is 11.8 Å². The minimum atomic E-state index is -0.798. The number of hydrogen-bond donors (Lipinski definition) is 0. The Bertz CT molecular complexity index is 502. The molecule has 0 radical (unpaired) electrons. The van der Waals surface area contributed by atoms with Crippen LogP contribution < -0.4 is 0 Å². The third kappa shape index (κ3) is 1.55. The predicted octanol–water partition coefficient (Wildman–Crippen LogP) is 0.0205. The summed E-state index contributed by atoms with van der Waals surface area (Å²) in [5.74, 6) is -1.02. The molecule has 6 nitrogen and oxygen atoms in total. The maximum absolute atomic E-state index is 12.5. The van der Waals surface area contributed by atoms with E-state index in [1.54, 1.807) is 0 Å². The Morgan fingerprint density at radius 3 is 2.35 bits per heavy atom. The van der Waals surface area contributed by atoms with Gasteiger partial charge in [-0.3, -0.25) is 19.3 Å². The summed E-state index contributed by atoms with van der Waals surface area (Å²) < 4.78 is 10.7. The van der Waals surface area contributed by atoms with Crippen molar-refractivity contribution in [3.8, 4) is 0 Å². The van der Waals surface area contributed by atoms with Crippen molar-refractivity contribution in [2.75, 3.05) is 6.61 Å². The van der Waals surface area contributed by atoms with E-state index in [9.17, 15) is 14.4 Å². The fourth-order valence-corrected chi connectivity index (χ4v) is 3.63. The van der Waals surface area contributed by atoms with Crippen LogP contribution in [0.1, 0.15) is 19.3 Å². The van der Waals surface area contributed by atoms with Crippen LogP contribution in [0.3, 0.4) is 0 Å². The van der Waals surface area contributed by atoms with E-state index in [1.165, 1.54) is 4.90 Å². The van der Waals surface area contributed by atoms with E-state index in [0.29, 0.717) is 12.8 Å². The first kappa shape index (κ1) is 12.2. The van der Waals surface area contributed by atoms with E-state index in [4.69, 9.17) is 9.47 Å². The number of carbonyl (C=O) groups excluding carboxylic acids is 3. The summed E-state index contributed by atoms with van der Waals surface area (Å²) in [5, 5.41) is 0. The number of Topliss-reactive ketones (excluding diaryl/α,β-unsaturated/α-hetero) is 1. The summed E-state index contributed by atoms with van der Waals surface area (Å²) in [6, 6.07) is -0.494. The number of carbonyl (C=O) groups is 3. The van der Waals surface area contributed by atoms with E-state index in [-0.39, 0.29) is 48.6 Å². The highest BCUT2D eigenvalue weighted by atomic mass is 16.7. The first-order chi connectivity index (χ1) is 9.66. The Labute approximate surface area is 115 Å². The summed E-state index contributed by atoms with van der Waals surface area (Å²) in [5.41, 5.74) is 0. The van der Waals surface area contributed by atoms with Gasteiger partial charge in [0.1, 0.15) is 6.10 Å². The Hall–Kier alpha value is -1.53. The average molecular weight is 277 g/mol. The highest BCUT2D eigenvalue weighted by molar-refractivity contribution is 6.06. The quantitative estimate of drug-likeness (QED) is 0.499. The number of amides is 2. The van der Waals surface area contributed by atoms with E-state index < -0.39 is 12.3 Å². The fourth-order valence-electron chi connectivity index (χ4n) is 3.63. The van der Waals surface area contributed by atoms with Crippen molar-refractivity contribution in [2.24, 2.45) is 11.8 Å². The van der Waals surface area contributed by atoms with Gasteiger partial charge in [0.15, 0.2) is 5.78 Å². The number of imide groups is 1. The molecule has 2 amide bonds. The van der Waals surface area contributed by atoms with Gasteiger partial charge in [-0.25, -0.2) is 0 Å². The molecule has 6 heteroatoms. The van der Waals surface area contributed by atoms with Gasteiger partial charge in [0.2, 0.25) is 18.1 Å². The molecule has 3 saturated heterocycles. The second-order valence-corrected chi connectivity index (χ2v) is 5.78. The van der Waals surface area contributed by atoms with Gasteiger partial charge in [0.25, 0.3) is 0 Å². The van der Waals surface area contributed by atoms with Crippen molar-refractivity contribution in [2.45, 2.75) is 37.7 Å². The number of fused-ring (bicyclic) bond motifs is 3. The average Bonchev–Trinajstić information content (AvgIpc) is 2.99. The molecule has 4 aliphatic rings. The van der Waals surface area contributed by atoms with Crippen LogP contribution in [-0.2, 0) is 23.9 Å². The molecular formula is C14H15NO5. The molecule has 0 N–H and O–H groups in total. The molecule has 2 bridgehead atoms. The standard InChI is InChI=1S/C14H15NO5/c16-10-5-9(11-6-19-14(10)20-11)15-12(17)7-3-1-2-4-8(7)13(15)18/h1-2,7-9,11,14H,3-6H2/t7-,8+,9-,11+,14-/m1/s1. The number of rotatable bonds is 1. The van der Waals surface area contributed by atoms with Gasteiger partial charge in [-0.1, -0.05) is 12.2 Å². The van der Waals surface area contributed by atoms with Crippen LogP contribution in [0.25, 0.3) is 0 Å². The van der Waals surface area contributed by atoms with Crippen LogP contribution in [0.4, 0.5) is 0 Å². The van der Waals surface area contributed by atoms with E-state index >= 15 is 0 Å². The maximum Gasteiger partial charge on any atom is 0.233 e. The molecule has 0 aromatic rings. The normalized spacial score (nSPS) is 43.3. The summed E-state index contributed by atoms with van der Waals surface area (Å²) in [6.45, 7) is 0.270. The molecule has 0 aromatic carbocycles. The summed E-state index contributed by atoms with van der Waals surface area (Å²) in [4.78, 5) is 38.1. The monoisotopic (exact) mass is 277 g/mol. The number of allylic oxidation sites excluding steroid dienone is 2. The largest absolute Gasteiger partial charge is 0.343 e.